The van der Waals surface area contributed by atoms with Crippen LogP contribution in [0.15, 0.2) is 82.6 Å². The standard InChI is InChI=1S/2C16H20O3S.Ca/c2*1-2-3-4-5-7-13-8-6-9-14-12-15(20(17,18)19)10-11-16(13)14;/h2*6,8-12H,2-5,7H2,1H3,(H,17,18,19);/q;;+2/p-2. The minimum Gasteiger partial charge on any atom is -0.744 e. The molecule has 6 nitrogen and oxygen atoms in total. The molecule has 4 aromatic rings. The molecule has 0 unspecified atom stereocenters. The Bertz CT molecular complexity index is 1510. The van der Waals surface area contributed by atoms with Crippen molar-refractivity contribution in [1.82, 2.24) is 0 Å². The van der Waals surface area contributed by atoms with Crippen LogP contribution in [0.25, 0.3) is 21.5 Å². The van der Waals surface area contributed by atoms with Crippen molar-refractivity contribution in [2.45, 2.75) is 87.8 Å². The van der Waals surface area contributed by atoms with Gasteiger partial charge in [0.05, 0.1) is 9.79 Å². The van der Waals surface area contributed by atoms with Crippen LogP contribution in [0.4, 0.5) is 0 Å². The molecule has 9 heteroatoms. The molecule has 0 aliphatic heterocycles. The molecular formula is C32H38CaO6S2. The third-order valence-electron chi connectivity index (χ3n) is 7.06. The number of benzene rings is 4. The van der Waals surface area contributed by atoms with E-state index in [1.54, 1.807) is 12.1 Å². The second-order valence-corrected chi connectivity index (χ2v) is 12.9. The summed E-state index contributed by atoms with van der Waals surface area (Å²) in [5.74, 6) is 0. The predicted molar refractivity (Wildman–Crippen MR) is 165 cm³/mol. The average molecular weight is 623 g/mol. The van der Waals surface area contributed by atoms with Gasteiger partial charge in [-0.25, -0.2) is 16.8 Å². The van der Waals surface area contributed by atoms with E-state index in [-0.39, 0.29) is 47.5 Å². The molecular weight excluding hydrogens is 585 g/mol. The van der Waals surface area contributed by atoms with Crippen LogP contribution in [0.1, 0.15) is 76.3 Å². The SMILES string of the molecule is CCCCCCc1cccc2cc(S(=O)(=O)[O-])ccc12.CCCCCCc1cccc2cc(S(=O)(=O)[O-])ccc12.[Ca+2]. The van der Waals surface area contributed by atoms with Gasteiger partial charge in [0, 0.05) is 0 Å². The predicted octanol–water partition coefficient (Wildman–Crippen LogP) is 7.35. The molecule has 4 rings (SSSR count). The van der Waals surface area contributed by atoms with Crippen molar-refractivity contribution in [3.05, 3.63) is 83.9 Å². The Balaban J connectivity index is 0.000000280. The maximum Gasteiger partial charge on any atom is 2.00 e. The van der Waals surface area contributed by atoms with Gasteiger partial charge in [-0.15, -0.1) is 0 Å². The van der Waals surface area contributed by atoms with Gasteiger partial charge in [-0.2, -0.15) is 0 Å². The summed E-state index contributed by atoms with van der Waals surface area (Å²) in [6.45, 7) is 4.37. The average Bonchev–Trinajstić information content (AvgIpc) is 2.92. The van der Waals surface area contributed by atoms with Crippen LogP contribution in [0.3, 0.4) is 0 Å². The Labute approximate surface area is 275 Å². The van der Waals surface area contributed by atoms with Crippen LogP contribution >= 0.6 is 0 Å². The van der Waals surface area contributed by atoms with Crippen molar-refractivity contribution in [3.8, 4) is 0 Å². The van der Waals surface area contributed by atoms with E-state index in [0.29, 0.717) is 0 Å². The van der Waals surface area contributed by atoms with Crippen molar-refractivity contribution < 1.29 is 25.9 Å². The number of rotatable bonds is 12. The Morgan fingerprint density at radius 3 is 1.27 bits per heavy atom. The summed E-state index contributed by atoms with van der Waals surface area (Å²) in [4.78, 5) is -0.318. The zero-order chi connectivity index (χ0) is 29.2. The minimum atomic E-state index is -4.38. The van der Waals surface area contributed by atoms with E-state index >= 15 is 0 Å². The van der Waals surface area contributed by atoms with E-state index in [0.717, 1.165) is 47.2 Å². The number of hydrogen-bond donors (Lipinski definition) is 0. The van der Waals surface area contributed by atoms with Crippen LogP contribution < -0.4 is 0 Å². The summed E-state index contributed by atoms with van der Waals surface area (Å²) in [6.07, 6.45) is 11.6. The monoisotopic (exact) mass is 622 g/mol. The summed E-state index contributed by atoms with van der Waals surface area (Å²) in [6, 6.07) is 20.9. The van der Waals surface area contributed by atoms with Crippen molar-refractivity contribution in [1.29, 1.82) is 0 Å². The second kappa shape index (κ2) is 16.9. The van der Waals surface area contributed by atoms with Crippen molar-refractivity contribution in [3.63, 3.8) is 0 Å². The van der Waals surface area contributed by atoms with E-state index in [9.17, 15) is 25.9 Å². The second-order valence-electron chi connectivity index (χ2n) is 10.1. The van der Waals surface area contributed by atoms with E-state index in [1.165, 1.54) is 73.9 Å². The first kappa shape index (κ1) is 35.7. The van der Waals surface area contributed by atoms with Gasteiger partial charge in [0.15, 0.2) is 0 Å². The molecule has 41 heavy (non-hydrogen) atoms. The van der Waals surface area contributed by atoms with Crippen LogP contribution in [0.5, 0.6) is 0 Å². The van der Waals surface area contributed by atoms with Crippen LogP contribution in [0, 0.1) is 0 Å². The molecule has 0 aromatic heterocycles. The Hall–Kier alpha value is -1.52. The van der Waals surface area contributed by atoms with E-state index in [1.807, 2.05) is 24.3 Å². The van der Waals surface area contributed by atoms with Crippen molar-refractivity contribution >= 4 is 79.5 Å². The zero-order valence-corrected chi connectivity index (χ0v) is 27.8. The number of unbranched alkanes of at least 4 members (excludes halogenated alkanes) is 6. The molecule has 0 saturated carbocycles. The summed E-state index contributed by atoms with van der Waals surface area (Å²) in [5, 5.41) is 3.71. The van der Waals surface area contributed by atoms with Gasteiger partial charge < -0.3 is 9.11 Å². The maximum atomic E-state index is 11.0. The molecule has 0 saturated heterocycles. The molecule has 0 heterocycles. The molecule has 4 aromatic carbocycles. The Morgan fingerprint density at radius 1 is 0.537 bits per heavy atom. The van der Waals surface area contributed by atoms with E-state index < -0.39 is 20.2 Å². The van der Waals surface area contributed by atoms with Gasteiger partial charge in [0.25, 0.3) is 0 Å². The van der Waals surface area contributed by atoms with Crippen molar-refractivity contribution in [2.75, 3.05) is 0 Å². The normalized spacial score (nSPS) is 11.6. The number of hydrogen-bond acceptors (Lipinski definition) is 6. The molecule has 0 spiro atoms. The van der Waals surface area contributed by atoms with Gasteiger partial charge in [-0.1, -0.05) is 101 Å². The summed E-state index contributed by atoms with van der Waals surface area (Å²) >= 11 is 0. The fourth-order valence-corrected chi connectivity index (χ4v) is 5.90. The molecule has 0 aliphatic rings. The topological polar surface area (TPSA) is 114 Å². The number of aryl methyl sites for hydroxylation is 2. The van der Waals surface area contributed by atoms with Gasteiger partial charge in [-0.3, -0.25) is 0 Å². The largest absolute Gasteiger partial charge is 2.00 e. The summed E-state index contributed by atoms with van der Waals surface area (Å²) < 4.78 is 66.3. The first-order chi connectivity index (χ1) is 19.0. The zero-order valence-electron chi connectivity index (χ0n) is 24.0. The molecule has 0 amide bonds. The molecule has 216 valence electrons. The molecule has 0 bridgehead atoms. The van der Waals surface area contributed by atoms with Crippen LogP contribution in [0.2, 0.25) is 0 Å². The van der Waals surface area contributed by atoms with Crippen LogP contribution in [-0.2, 0) is 33.1 Å². The third kappa shape index (κ3) is 10.9. The molecule has 0 aliphatic carbocycles. The van der Waals surface area contributed by atoms with Crippen molar-refractivity contribution in [2.24, 2.45) is 0 Å². The van der Waals surface area contributed by atoms with Crippen LogP contribution in [-0.4, -0.2) is 63.7 Å². The van der Waals surface area contributed by atoms with E-state index in [2.05, 4.69) is 26.0 Å². The smallest absolute Gasteiger partial charge is 0.744 e. The quantitative estimate of drug-likeness (QED) is 0.0927. The Kier molecular flexibility index (Phi) is 14.7. The first-order valence-electron chi connectivity index (χ1n) is 14.0. The first-order valence-corrected chi connectivity index (χ1v) is 16.8. The van der Waals surface area contributed by atoms with E-state index in [4.69, 9.17) is 0 Å². The number of fused-ring (bicyclic) bond motifs is 2. The van der Waals surface area contributed by atoms with Gasteiger partial charge in [-0.05, 0) is 82.6 Å². The molecule has 0 atom stereocenters. The Morgan fingerprint density at radius 2 is 0.927 bits per heavy atom. The fourth-order valence-electron chi connectivity index (χ4n) is 4.89. The minimum absolute atomic E-state index is 0. The fraction of sp³-hybridized carbons (Fsp3) is 0.375. The molecule has 0 fully saturated rings. The summed E-state index contributed by atoms with van der Waals surface area (Å²) in [5.41, 5.74) is 2.43. The third-order valence-corrected chi connectivity index (χ3v) is 8.72. The molecule has 0 N–H and O–H groups in total. The maximum absolute atomic E-state index is 11.0. The van der Waals surface area contributed by atoms with Gasteiger partial charge in [0.1, 0.15) is 20.2 Å². The molecule has 0 radical (unpaired) electrons. The van der Waals surface area contributed by atoms with Gasteiger partial charge >= 0.3 is 37.7 Å². The summed E-state index contributed by atoms with van der Waals surface area (Å²) in [7, 11) is -8.76. The van der Waals surface area contributed by atoms with Gasteiger partial charge in [0.2, 0.25) is 0 Å².